The highest BCUT2D eigenvalue weighted by Gasteiger charge is 2.18. The first-order valence-corrected chi connectivity index (χ1v) is 10.0. The number of nitrogens with zero attached hydrogens (tertiary/aromatic N) is 2. The van der Waals surface area contributed by atoms with Crippen molar-refractivity contribution in [1.82, 2.24) is 9.78 Å². The van der Waals surface area contributed by atoms with E-state index in [9.17, 15) is 8.42 Å². The normalized spacial score (nSPS) is 16.8. The largest absolute Gasteiger partial charge is 0.381 e. The lowest BCUT2D eigenvalue weighted by molar-refractivity contribution is 0.0601. The fourth-order valence-corrected chi connectivity index (χ4v) is 5.40. The van der Waals surface area contributed by atoms with Gasteiger partial charge in [-0.05, 0) is 46.8 Å². The molecule has 3 heterocycles. The molecule has 0 atom stereocenters. The summed E-state index contributed by atoms with van der Waals surface area (Å²) in [6.07, 6.45) is 5.31. The van der Waals surface area contributed by atoms with Gasteiger partial charge in [0.05, 0.1) is 15.7 Å². The molecule has 6 nitrogen and oxygen atoms in total. The van der Waals surface area contributed by atoms with E-state index in [0.717, 1.165) is 36.4 Å². The zero-order chi connectivity index (χ0) is 15.6. The van der Waals surface area contributed by atoms with Crippen LogP contribution in [0.5, 0.6) is 0 Å². The number of hydrogen-bond donors (Lipinski definition) is 1. The first kappa shape index (κ1) is 16.0. The Bertz CT molecular complexity index is 735. The van der Waals surface area contributed by atoms with E-state index in [2.05, 4.69) is 25.8 Å². The van der Waals surface area contributed by atoms with Crippen LogP contribution in [0.4, 0.5) is 5.69 Å². The number of halogens is 1. The number of aromatic nitrogens is 2. The molecular formula is C13H16BrN3O3S2. The van der Waals surface area contributed by atoms with Crippen molar-refractivity contribution in [1.29, 1.82) is 0 Å². The summed E-state index contributed by atoms with van der Waals surface area (Å²) in [4.78, 5) is 0. The van der Waals surface area contributed by atoms with Gasteiger partial charge in [-0.3, -0.25) is 9.40 Å². The Morgan fingerprint density at radius 3 is 2.86 bits per heavy atom. The van der Waals surface area contributed by atoms with E-state index >= 15 is 0 Å². The van der Waals surface area contributed by atoms with Gasteiger partial charge in [0.25, 0.3) is 10.0 Å². The third-order valence-corrected chi connectivity index (χ3v) is 6.98. The molecule has 2 aromatic heterocycles. The second-order valence-corrected chi connectivity index (χ2v) is 9.54. The first-order valence-electron chi connectivity index (χ1n) is 6.91. The number of ether oxygens (including phenoxy) is 1. The van der Waals surface area contributed by atoms with Crippen LogP contribution in [0.1, 0.15) is 12.8 Å². The average Bonchev–Trinajstić information content (AvgIpc) is 3.09. The Kier molecular flexibility index (Phi) is 4.86. The minimum absolute atomic E-state index is 0.275. The fourth-order valence-electron chi connectivity index (χ4n) is 2.36. The second-order valence-electron chi connectivity index (χ2n) is 5.17. The summed E-state index contributed by atoms with van der Waals surface area (Å²) in [6, 6.07) is 3.29. The third-order valence-electron chi connectivity index (χ3n) is 3.48. The molecule has 0 aromatic carbocycles. The summed E-state index contributed by atoms with van der Waals surface area (Å²) in [7, 11) is -3.55. The molecule has 1 saturated heterocycles. The van der Waals surface area contributed by atoms with Gasteiger partial charge in [-0.1, -0.05) is 0 Å². The Balaban J connectivity index is 1.66. The van der Waals surface area contributed by atoms with E-state index in [1.807, 2.05) is 0 Å². The van der Waals surface area contributed by atoms with Gasteiger partial charge < -0.3 is 4.74 Å². The Morgan fingerprint density at radius 1 is 1.41 bits per heavy atom. The van der Waals surface area contributed by atoms with Crippen LogP contribution in [0.25, 0.3) is 0 Å². The molecular weight excluding hydrogens is 390 g/mol. The first-order chi connectivity index (χ1) is 10.5. The molecule has 1 aliphatic heterocycles. The summed E-state index contributed by atoms with van der Waals surface area (Å²) in [6.45, 7) is 2.37. The van der Waals surface area contributed by atoms with Gasteiger partial charge in [0.1, 0.15) is 4.21 Å². The maximum Gasteiger partial charge on any atom is 0.271 e. The summed E-state index contributed by atoms with van der Waals surface area (Å²) in [5.74, 6) is 0.534. The zero-order valence-corrected chi connectivity index (χ0v) is 15.0. The number of hydrogen-bond acceptors (Lipinski definition) is 5. The summed E-state index contributed by atoms with van der Waals surface area (Å²) in [5, 5.41) is 4.24. The van der Waals surface area contributed by atoms with Crippen LogP contribution in [-0.4, -0.2) is 31.4 Å². The van der Waals surface area contributed by atoms with Gasteiger partial charge >= 0.3 is 0 Å². The quantitative estimate of drug-likeness (QED) is 0.829. The number of nitrogens with one attached hydrogen (secondary N) is 1. The van der Waals surface area contributed by atoms with Crippen LogP contribution in [0.15, 0.2) is 32.5 Å². The predicted octanol–water partition coefficient (Wildman–Crippen LogP) is 2.93. The molecule has 1 fully saturated rings. The van der Waals surface area contributed by atoms with Crippen LogP contribution in [-0.2, 0) is 21.3 Å². The van der Waals surface area contributed by atoms with Crippen molar-refractivity contribution >= 4 is 43.0 Å². The number of anilines is 1. The monoisotopic (exact) mass is 405 g/mol. The minimum atomic E-state index is -3.55. The van der Waals surface area contributed by atoms with E-state index < -0.39 is 10.0 Å². The molecule has 0 saturated carbocycles. The molecule has 1 aliphatic rings. The number of sulfonamides is 1. The predicted molar refractivity (Wildman–Crippen MR) is 88.6 cm³/mol. The molecule has 9 heteroatoms. The van der Waals surface area contributed by atoms with E-state index in [1.165, 1.54) is 11.3 Å². The molecule has 2 aromatic rings. The van der Waals surface area contributed by atoms with Gasteiger partial charge in [0, 0.05) is 26.0 Å². The maximum atomic E-state index is 12.2. The maximum absolute atomic E-state index is 12.2. The van der Waals surface area contributed by atoms with Crippen molar-refractivity contribution in [2.75, 3.05) is 17.9 Å². The van der Waals surface area contributed by atoms with Gasteiger partial charge in [-0.25, -0.2) is 8.42 Å². The third kappa shape index (κ3) is 3.89. The molecule has 0 amide bonds. The summed E-state index contributed by atoms with van der Waals surface area (Å²) in [5.41, 5.74) is 0.483. The lowest BCUT2D eigenvalue weighted by Gasteiger charge is -2.21. The summed E-state index contributed by atoms with van der Waals surface area (Å²) < 4.78 is 35.2. The SMILES string of the molecule is O=S(=O)(Nc1cnn(CC2CCOCC2)c1)c1ccc(Br)s1. The molecule has 0 spiro atoms. The van der Waals surface area contributed by atoms with Gasteiger partial charge in [0.15, 0.2) is 0 Å². The smallest absolute Gasteiger partial charge is 0.271 e. The molecule has 120 valence electrons. The number of thiophene rings is 1. The van der Waals surface area contributed by atoms with Crippen molar-refractivity contribution in [2.45, 2.75) is 23.6 Å². The van der Waals surface area contributed by atoms with Crippen molar-refractivity contribution in [3.8, 4) is 0 Å². The molecule has 22 heavy (non-hydrogen) atoms. The lowest BCUT2D eigenvalue weighted by atomic mass is 10.0. The van der Waals surface area contributed by atoms with Crippen LogP contribution in [0.2, 0.25) is 0 Å². The molecule has 0 radical (unpaired) electrons. The Morgan fingerprint density at radius 2 is 2.18 bits per heavy atom. The Labute approximate surface area is 141 Å². The van der Waals surface area contributed by atoms with Crippen molar-refractivity contribution < 1.29 is 13.2 Å². The van der Waals surface area contributed by atoms with Crippen molar-refractivity contribution in [2.24, 2.45) is 5.92 Å². The Hall–Kier alpha value is -0.900. The van der Waals surface area contributed by atoms with E-state index in [-0.39, 0.29) is 4.21 Å². The molecule has 3 rings (SSSR count). The van der Waals surface area contributed by atoms with Crippen LogP contribution < -0.4 is 4.72 Å². The zero-order valence-electron chi connectivity index (χ0n) is 11.7. The van der Waals surface area contributed by atoms with E-state index in [4.69, 9.17) is 4.74 Å². The van der Waals surface area contributed by atoms with Crippen molar-refractivity contribution in [3.05, 3.63) is 28.3 Å². The van der Waals surface area contributed by atoms with Gasteiger partial charge in [-0.15, -0.1) is 11.3 Å². The number of rotatable bonds is 5. The van der Waals surface area contributed by atoms with E-state index in [0.29, 0.717) is 11.6 Å². The molecule has 0 bridgehead atoms. The average molecular weight is 406 g/mol. The highest BCUT2D eigenvalue weighted by atomic mass is 79.9. The second kappa shape index (κ2) is 6.69. The van der Waals surface area contributed by atoms with Gasteiger partial charge in [0.2, 0.25) is 0 Å². The van der Waals surface area contributed by atoms with E-state index in [1.54, 1.807) is 29.2 Å². The molecule has 0 aliphatic carbocycles. The highest BCUT2D eigenvalue weighted by molar-refractivity contribution is 9.11. The fraction of sp³-hybridized carbons (Fsp3) is 0.462. The standard InChI is InChI=1S/C13H16BrN3O3S2/c14-12-1-2-13(21-12)22(18,19)16-11-7-15-17(9-11)8-10-3-5-20-6-4-10/h1-2,7,9-10,16H,3-6,8H2. The molecule has 0 unspecified atom stereocenters. The summed E-state index contributed by atoms with van der Waals surface area (Å²) >= 11 is 4.44. The topological polar surface area (TPSA) is 73.2 Å². The minimum Gasteiger partial charge on any atom is -0.381 e. The van der Waals surface area contributed by atoms with Crippen molar-refractivity contribution in [3.63, 3.8) is 0 Å². The van der Waals surface area contributed by atoms with Crippen LogP contribution in [0, 0.1) is 5.92 Å². The molecule has 1 N–H and O–H groups in total. The highest BCUT2D eigenvalue weighted by Crippen LogP contribution is 2.27. The van der Waals surface area contributed by atoms with Crippen LogP contribution in [0.3, 0.4) is 0 Å². The van der Waals surface area contributed by atoms with Crippen LogP contribution >= 0.6 is 27.3 Å². The van der Waals surface area contributed by atoms with Gasteiger partial charge in [-0.2, -0.15) is 5.10 Å². The lowest BCUT2D eigenvalue weighted by Crippen LogP contribution is -2.20.